The van der Waals surface area contributed by atoms with Crippen molar-refractivity contribution in [3.05, 3.63) is 59.0 Å². The second-order valence-corrected chi connectivity index (χ2v) is 7.26. The fourth-order valence-electron chi connectivity index (χ4n) is 3.23. The van der Waals surface area contributed by atoms with Gasteiger partial charge in [0, 0.05) is 32.4 Å². The highest BCUT2D eigenvalue weighted by Crippen LogP contribution is 2.14. The predicted molar refractivity (Wildman–Crippen MR) is 105 cm³/mol. The topological polar surface area (TPSA) is 48.5 Å². The van der Waals surface area contributed by atoms with E-state index in [1.807, 2.05) is 19.1 Å². The summed E-state index contributed by atoms with van der Waals surface area (Å²) in [6, 6.07) is 9.80. The molecule has 0 saturated carbocycles. The number of nitrogens with zero attached hydrogens (tertiary/aromatic N) is 3. The normalized spacial score (nSPS) is 17.3. The lowest BCUT2D eigenvalue weighted by Gasteiger charge is -2.26. The largest absolute Gasteiger partial charge is 0.309 e. The highest BCUT2D eigenvalue weighted by atomic mass is 35.5. The van der Waals surface area contributed by atoms with Gasteiger partial charge in [-0.1, -0.05) is 23.7 Å². The number of aromatic nitrogens is 1. The van der Waals surface area contributed by atoms with Crippen LogP contribution in [-0.4, -0.2) is 52.9 Å². The molecule has 144 valence electrons. The zero-order valence-corrected chi connectivity index (χ0v) is 16.1. The molecule has 1 fully saturated rings. The molecule has 0 aliphatic carbocycles. The molecule has 0 spiro atoms. The highest BCUT2D eigenvalue weighted by molar-refractivity contribution is 6.30. The van der Waals surface area contributed by atoms with Gasteiger partial charge in [0.2, 0.25) is 5.91 Å². The minimum atomic E-state index is -0.242. The Morgan fingerprint density at radius 1 is 1.19 bits per heavy atom. The van der Waals surface area contributed by atoms with Crippen LogP contribution >= 0.6 is 11.6 Å². The number of rotatable bonds is 5. The van der Waals surface area contributed by atoms with E-state index in [0.717, 1.165) is 44.7 Å². The number of hydrogen-bond acceptors (Lipinski definition) is 4. The molecule has 0 radical (unpaired) electrons. The van der Waals surface area contributed by atoms with Crippen LogP contribution in [0, 0.1) is 5.82 Å². The van der Waals surface area contributed by atoms with E-state index in [1.54, 1.807) is 12.1 Å². The summed E-state index contributed by atoms with van der Waals surface area (Å²) in [7, 11) is 0. The summed E-state index contributed by atoms with van der Waals surface area (Å²) in [4.78, 5) is 21.2. The Hall–Kier alpha value is -2.02. The molecule has 1 aliphatic heterocycles. The second-order valence-electron chi connectivity index (χ2n) is 6.82. The van der Waals surface area contributed by atoms with Gasteiger partial charge in [0.05, 0.1) is 11.1 Å². The van der Waals surface area contributed by atoms with Gasteiger partial charge < -0.3 is 5.32 Å². The molecule has 5 nitrogen and oxygen atoms in total. The van der Waals surface area contributed by atoms with Crippen LogP contribution in [0.3, 0.4) is 0 Å². The van der Waals surface area contributed by atoms with Crippen LogP contribution in [0.5, 0.6) is 0 Å². The molecule has 1 aromatic heterocycles. The Morgan fingerprint density at radius 3 is 2.67 bits per heavy atom. The summed E-state index contributed by atoms with van der Waals surface area (Å²) >= 11 is 5.82. The van der Waals surface area contributed by atoms with Crippen molar-refractivity contribution < 1.29 is 9.18 Å². The first-order chi connectivity index (χ1) is 13.0. The van der Waals surface area contributed by atoms with Crippen LogP contribution in [0.4, 0.5) is 10.2 Å². The van der Waals surface area contributed by atoms with E-state index in [0.29, 0.717) is 10.8 Å². The lowest BCUT2D eigenvalue weighted by atomic mass is 10.2. The van der Waals surface area contributed by atoms with Crippen molar-refractivity contribution in [2.45, 2.75) is 25.9 Å². The molecule has 0 bridgehead atoms. The number of hydrogen-bond donors (Lipinski definition) is 1. The number of carbonyl (C=O) groups is 1. The zero-order chi connectivity index (χ0) is 19.2. The molecule has 1 N–H and O–H groups in total. The SMILES string of the molecule is CC(C(=O)Nc1ccc(Cl)cn1)N1CCCN(Cc2ccc(F)cc2)CC1. The fraction of sp³-hybridized carbons (Fsp3) is 0.400. The number of halogens is 2. The summed E-state index contributed by atoms with van der Waals surface area (Å²) < 4.78 is 13.1. The van der Waals surface area contributed by atoms with E-state index in [2.05, 4.69) is 20.1 Å². The van der Waals surface area contributed by atoms with Gasteiger partial charge in [-0.05, 0) is 49.7 Å². The molecule has 2 heterocycles. The van der Waals surface area contributed by atoms with E-state index >= 15 is 0 Å². The third-order valence-electron chi connectivity index (χ3n) is 4.85. The van der Waals surface area contributed by atoms with Crippen molar-refractivity contribution in [3.63, 3.8) is 0 Å². The minimum Gasteiger partial charge on any atom is -0.309 e. The van der Waals surface area contributed by atoms with Gasteiger partial charge in [-0.2, -0.15) is 0 Å². The first-order valence-corrected chi connectivity index (χ1v) is 9.52. The van der Waals surface area contributed by atoms with Crippen LogP contribution in [0.25, 0.3) is 0 Å². The monoisotopic (exact) mass is 390 g/mol. The van der Waals surface area contributed by atoms with Gasteiger partial charge in [0.25, 0.3) is 0 Å². The Labute approximate surface area is 164 Å². The standard InChI is InChI=1S/C20H24ClFN4O/c1-15(20(27)24-19-8-5-17(21)13-23-19)26-10-2-9-25(11-12-26)14-16-3-6-18(22)7-4-16/h3-8,13,15H,2,9-12,14H2,1H3,(H,23,24,27). The van der Waals surface area contributed by atoms with Crippen LogP contribution in [-0.2, 0) is 11.3 Å². The maximum absolute atomic E-state index is 13.1. The maximum atomic E-state index is 13.1. The van der Waals surface area contributed by atoms with Crippen molar-refractivity contribution >= 4 is 23.3 Å². The van der Waals surface area contributed by atoms with Gasteiger partial charge in [-0.3, -0.25) is 14.6 Å². The molecule has 7 heteroatoms. The Balaban J connectivity index is 1.52. The molecular weight excluding hydrogens is 367 g/mol. The highest BCUT2D eigenvalue weighted by Gasteiger charge is 2.24. The number of pyridine rings is 1. The summed E-state index contributed by atoms with van der Waals surface area (Å²) in [5.74, 6) is 0.219. The molecule has 1 saturated heterocycles. The molecule has 1 atom stereocenters. The molecule has 3 rings (SSSR count). The Kier molecular flexibility index (Phi) is 6.77. The summed E-state index contributed by atoms with van der Waals surface area (Å²) in [5, 5.41) is 3.38. The molecule has 27 heavy (non-hydrogen) atoms. The molecule has 1 unspecified atom stereocenters. The molecule has 1 aromatic carbocycles. The minimum absolute atomic E-state index is 0.0724. The van der Waals surface area contributed by atoms with Crippen LogP contribution < -0.4 is 5.32 Å². The number of benzene rings is 1. The summed E-state index contributed by atoms with van der Waals surface area (Å²) in [6.45, 7) is 6.21. The lowest BCUT2D eigenvalue weighted by Crippen LogP contribution is -2.44. The van der Waals surface area contributed by atoms with Crippen LogP contribution in [0.2, 0.25) is 5.02 Å². The van der Waals surface area contributed by atoms with Gasteiger partial charge in [0.15, 0.2) is 0 Å². The Morgan fingerprint density at radius 2 is 1.96 bits per heavy atom. The van der Waals surface area contributed by atoms with Crippen LogP contribution in [0.1, 0.15) is 18.9 Å². The van der Waals surface area contributed by atoms with Crippen molar-refractivity contribution in [1.82, 2.24) is 14.8 Å². The van der Waals surface area contributed by atoms with Crippen molar-refractivity contribution in [3.8, 4) is 0 Å². The number of carbonyl (C=O) groups excluding carboxylic acids is 1. The number of anilines is 1. The lowest BCUT2D eigenvalue weighted by molar-refractivity contribution is -0.120. The van der Waals surface area contributed by atoms with E-state index in [9.17, 15) is 9.18 Å². The van der Waals surface area contributed by atoms with Crippen LogP contribution in [0.15, 0.2) is 42.6 Å². The number of nitrogens with one attached hydrogen (secondary N) is 1. The van der Waals surface area contributed by atoms with Crippen molar-refractivity contribution in [1.29, 1.82) is 0 Å². The van der Waals surface area contributed by atoms with E-state index < -0.39 is 0 Å². The quantitative estimate of drug-likeness (QED) is 0.850. The first kappa shape index (κ1) is 19.7. The van der Waals surface area contributed by atoms with Gasteiger partial charge in [-0.15, -0.1) is 0 Å². The van der Waals surface area contributed by atoms with Gasteiger partial charge in [0.1, 0.15) is 11.6 Å². The summed E-state index contributed by atoms with van der Waals surface area (Å²) in [5.41, 5.74) is 1.10. The molecule has 1 amide bonds. The Bertz CT molecular complexity index is 754. The summed E-state index contributed by atoms with van der Waals surface area (Å²) in [6.07, 6.45) is 2.50. The van der Waals surface area contributed by atoms with E-state index in [1.165, 1.54) is 18.3 Å². The van der Waals surface area contributed by atoms with Crippen molar-refractivity contribution in [2.24, 2.45) is 0 Å². The third kappa shape index (κ3) is 5.73. The zero-order valence-electron chi connectivity index (χ0n) is 15.4. The van der Waals surface area contributed by atoms with E-state index in [4.69, 9.17) is 11.6 Å². The van der Waals surface area contributed by atoms with Gasteiger partial charge in [-0.25, -0.2) is 9.37 Å². The maximum Gasteiger partial charge on any atom is 0.242 e. The average Bonchev–Trinajstić information content (AvgIpc) is 2.90. The average molecular weight is 391 g/mol. The third-order valence-corrected chi connectivity index (χ3v) is 5.07. The van der Waals surface area contributed by atoms with Gasteiger partial charge >= 0.3 is 0 Å². The fourth-order valence-corrected chi connectivity index (χ4v) is 3.34. The molecular formula is C20H24ClFN4O. The first-order valence-electron chi connectivity index (χ1n) is 9.14. The smallest absolute Gasteiger partial charge is 0.242 e. The van der Waals surface area contributed by atoms with Crippen molar-refractivity contribution in [2.75, 3.05) is 31.5 Å². The predicted octanol–water partition coefficient (Wildman–Crippen LogP) is 3.41. The number of amides is 1. The molecule has 1 aliphatic rings. The van der Waals surface area contributed by atoms with E-state index in [-0.39, 0.29) is 17.8 Å². The second kappa shape index (κ2) is 9.26. The molecule has 2 aromatic rings.